The Morgan fingerprint density at radius 2 is 1.70 bits per heavy atom. The summed E-state index contributed by atoms with van der Waals surface area (Å²) in [5.74, 6) is 0.570. The molecule has 1 aliphatic carbocycles. The van der Waals surface area contributed by atoms with Gasteiger partial charge in [0.05, 0.1) is 0 Å². The van der Waals surface area contributed by atoms with Gasteiger partial charge in [0, 0.05) is 6.54 Å². The molecule has 1 aromatic rings. The molecule has 2 rings (SSSR count). The number of carbonyl (C=O) groups excluding carboxylic acids is 1. The second-order valence-corrected chi connectivity index (χ2v) is 5.84. The van der Waals surface area contributed by atoms with Gasteiger partial charge in [-0.2, -0.15) is 0 Å². The van der Waals surface area contributed by atoms with Crippen LogP contribution in [0.1, 0.15) is 56.6 Å². The number of rotatable bonds is 4. The zero-order valence-electron chi connectivity index (χ0n) is 12.2. The highest BCUT2D eigenvalue weighted by Gasteiger charge is 2.17. The molecule has 0 radical (unpaired) electrons. The van der Waals surface area contributed by atoms with Crippen molar-refractivity contribution in [3.63, 3.8) is 0 Å². The summed E-state index contributed by atoms with van der Waals surface area (Å²) in [6.07, 6.45) is 9.12. The van der Waals surface area contributed by atoms with Crippen molar-refractivity contribution in [2.75, 3.05) is 6.54 Å². The molecule has 0 heterocycles. The maximum Gasteiger partial charge on any atom is 0.241 e. The molecule has 110 valence electrons. The number of nitrogens with two attached hydrogens (primary N) is 1. The van der Waals surface area contributed by atoms with Crippen molar-refractivity contribution in [2.24, 2.45) is 11.7 Å². The van der Waals surface area contributed by atoms with Gasteiger partial charge in [0.15, 0.2) is 0 Å². The van der Waals surface area contributed by atoms with E-state index in [2.05, 4.69) is 5.32 Å². The van der Waals surface area contributed by atoms with Crippen LogP contribution in [0.5, 0.6) is 0 Å². The van der Waals surface area contributed by atoms with Crippen LogP contribution < -0.4 is 11.1 Å². The second-order valence-electron chi connectivity index (χ2n) is 5.84. The molecule has 3 heteroatoms. The number of amides is 1. The summed E-state index contributed by atoms with van der Waals surface area (Å²) in [5.41, 5.74) is 6.88. The van der Waals surface area contributed by atoms with Crippen LogP contribution in [0.25, 0.3) is 0 Å². The predicted molar refractivity (Wildman–Crippen MR) is 82.2 cm³/mol. The Labute approximate surface area is 121 Å². The van der Waals surface area contributed by atoms with Crippen LogP contribution >= 0.6 is 0 Å². The smallest absolute Gasteiger partial charge is 0.241 e. The molecule has 0 saturated heterocycles. The molecule has 1 unspecified atom stereocenters. The first kappa shape index (κ1) is 15.0. The maximum atomic E-state index is 12.1. The summed E-state index contributed by atoms with van der Waals surface area (Å²) in [6.45, 7) is 0.777. The zero-order valence-corrected chi connectivity index (χ0v) is 12.2. The van der Waals surface area contributed by atoms with Gasteiger partial charge in [0.2, 0.25) is 5.91 Å². The van der Waals surface area contributed by atoms with Crippen LogP contribution in [0.3, 0.4) is 0 Å². The van der Waals surface area contributed by atoms with Gasteiger partial charge in [-0.1, -0.05) is 62.4 Å². The van der Waals surface area contributed by atoms with Crippen molar-refractivity contribution < 1.29 is 4.79 Å². The molecule has 3 N–H and O–H groups in total. The molecule has 0 spiro atoms. The summed E-state index contributed by atoms with van der Waals surface area (Å²) in [6, 6.07) is 9.02. The van der Waals surface area contributed by atoms with Gasteiger partial charge in [-0.05, 0) is 24.3 Å². The SMILES string of the molecule is NC(C(=O)NCC1CCCCCCC1)c1ccccc1. The van der Waals surface area contributed by atoms with E-state index in [0.29, 0.717) is 5.92 Å². The normalized spacial score (nSPS) is 18.9. The second kappa shape index (κ2) is 8.05. The molecule has 1 fully saturated rings. The van der Waals surface area contributed by atoms with E-state index < -0.39 is 6.04 Å². The van der Waals surface area contributed by atoms with E-state index in [9.17, 15) is 4.79 Å². The van der Waals surface area contributed by atoms with Crippen LogP contribution in [-0.2, 0) is 4.79 Å². The standard InChI is InChI=1S/C17H26N2O/c18-16(15-11-7-4-8-12-15)17(20)19-13-14-9-5-2-1-3-6-10-14/h4,7-8,11-12,14,16H,1-3,5-6,9-10,13,18H2,(H,19,20). The average Bonchev–Trinajstić information content (AvgIpc) is 2.46. The Balaban J connectivity index is 1.79. The Morgan fingerprint density at radius 3 is 2.35 bits per heavy atom. The van der Waals surface area contributed by atoms with Gasteiger partial charge in [0.25, 0.3) is 0 Å². The average molecular weight is 274 g/mol. The lowest BCUT2D eigenvalue weighted by atomic mass is 9.91. The summed E-state index contributed by atoms with van der Waals surface area (Å²) in [5, 5.41) is 3.03. The van der Waals surface area contributed by atoms with E-state index >= 15 is 0 Å². The summed E-state index contributed by atoms with van der Waals surface area (Å²) in [4.78, 5) is 12.1. The largest absolute Gasteiger partial charge is 0.354 e. The van der Waals surface area contributed by atoms with Crippen molar-refractivity contribution >= 4 is 5.91 Å². The maximum absolute atomic E-state index is 12.1. The van der Waals surface area contributed by atoms with Crippen molar-refractivity contribution in [3.05, 3.63) is 35.9 Å². The van der Waals surface area contributed by atoms with Crippen LogP contribution in [-0.4, -0.2) is 12.5 Å². The number of nitrogens with one attached hydrogen (secondary N) is 1. The zero-order chi connectivity index (χ0) is 14.2. The summed E-state index contributed by atoms with van der Waals surface area (Å²) >= 11 is 0. The van der Waals surface area contributed by atoms with E-state index in [4.69, 9.17) is 5.73 Å². The van der Waals surface area contributed by atoms with Gasteiger partial charge in [-0.3, -0.25) is 4.79 Å². The number of hydrogen-bond acceptors (Lipinski definition) is 2. The van der Waals surface area contributed by atoms with Gasteiger partial charge >= 0.3 is 0 Å². The van der Waals surface area contributed by atoms with Crippen molar-refractivity contribution in [1.82, 2.24) is 5.32 Å². The van der Waals surface area contributed by atoms with Crippen LogP contribution in [0, 0.1) is 5.92 Å². The minimum absolute atomic E-state index is 0.0572. The molecule has 1 atom stereocenters. The molecule has 1 saturated carbocycles. The fourth-order valence-corrected chi connectivity index (χ4v) is 2.91. The topological polar surface area (TPSA) is 55.1 Å². The lowest BCUT2D eigenvalue weighted by Gasteiger charge is -2.21. The predicted octanol–water partition coefficient (Wildman–Crippen LogP) is 3.16. The Bertz CT molecular complexity index is 397. The third-order valence-corrected chi connectivity index (χ3v) is 4.23. The Hall–Kier alpha value is -1.35. The highest BCUT2D eigenvalue weighted by molar-refractivity contribution is 5.82. The lowest BCUT2D eigenvalue weighted by molar-refractivity contribution is -0.122. The molecule has 0 aliphatic heterocycles. The first-order chi connectivity index (χ1) is 9.77. The highest BCUT2D eigenvalue weighted by atomic mass is 16.2. The molecule has 20 heavy (non-hydrogen) atoms. The van der Waals surface area contributed by atoms with E-state index in [1.807, 2.05) is 30.3 Å². The molecule has 0 aromatic heterocycles. The quantitative estimate of drug-likeness (QED) is 0.886. The Morgan fingerprint density at radius 1 is 1.10 bits per heavy atom. The fraction of sp³-hybridized carbons (Fsp3) is 0.588. The molecular formula is C17H26N2O. The molecular weight excluding hydrogens is 248 g/mol. The van der Waals surface area contributed by atoms with Crippen LogP contribution in [0.4, 0.5) is 0 Å². The minimum Gasteiger partial charge on any atom is -0.354 e. The van der Waals surface area contributed by atoms with Gasteiger partial charge < -0.3 is 11.1 Å². The van der Waals surface area contributed by atoms with Crippen molar-refractivity contribution in [2.45, 2.75) is 51.0 Å². The fourth-order valence-electron chi connectivity index (χ4n) is 2.91. The van der Waals surface area contributed by atoms with E-state index in [-0.39, 0.29) is 5.91 Å². The molecule has 3 nitrogen and oxygen atoms in total. The van der Waals surface area contributed by atoms with E-state index in [0.717, 1.165) is 12.1 Å². The van der Waals surface area contributed by atoms with Crippen LogP contribution in [0.15, 0.2) is 30.3 Å². The molecule has 1 amide bonds. The van der Waals surface area contributed by atoms with E-state index in [1.54, 1.807) is 0 Å². The van der Waals surface area contributed by atoms with Crippen molar-refractivity contribution in [3.8, 4) is 0 Å². The lowest BCUT2D eigenvalue weighted by Crippen LogP contribution is -2.37. The van der Waals surface area contributed by atoms with Crippen LogP contribution in [0.2, 0.25) is 0 Å². The van der Waals surface area contributed by atoms with Gasteiger partial charge in [-0.15, -0.1) is 0 Å². The minimum atomic E-state index is -0.551. The highest BCUT2D eigenvalue weighted by Crippen LogP contribution is 2.21. The summed E-state index contributed by atoms with van der Waals surface area (Å²) < 4.78 is 0. The number of carbonyl (C=O) groups is 1. The van der Waals surface area contributed by atoms with Gasteiger partial charge in [0.1, 0.15) is 6.04 Å². The Kier molecular flexibility index (Phi) is 6.06. The molecule has 1 aliphatic rings. The first-order valence-corrected chi connectivity index (χ1v) is 7.85. The third-order valence-electron chi connectivity index (χ3n) is 4.23. The molecule has 1 aromatic carbocycles. The number of benzene rings is 1. The van der Waals surface area contributed by atoms with E-state index in [1.165, 1.54) is 44.9 Å². The monoisotopic (exact) mass is 274 g/mol. The van der Waals surface area contributed by atoms with Gasteiger partial charge in [-0.25, -0.2) is 0 Å². The van der Waals surface area contributed by atoms with Crippen molar-refractivity contribution in [1.29, 1.82) is 0 Å². The third kappa shape index (κ3) is 4.64. The first-order valence-electron chi connectivity index (χ1n) is 7.85. The number of hydrogen-bond donors (Lipinski definition) is 2. The molecule has 0 bridgehead atoms. The summed E-state index contributed by atoms with van der Waals surface area (Å²) in [7, 11) is 0.